The Morgan fingerprint density at radius 1 is 1.43 bits per heavy atom. The van der Waals surface area contributed by atoms with E-state index in [1.165, 1.54) is 0 Å². The lowest BCUT2D eigenvalue weighted by Crippen LogP contribution is -2.10. The maximum absolute atomic E-state index is 12.4. The fourth-order valence-corrected chi connectivity index (χ4v) is 1.23. The molecule has 6 heteroatoms. The van der Waals surface area contributed by atoms with Gasteiger partial charge in [-0.1, -0.05) is 0 Å². The molecule has 1 aliphatic carbocycles. The number of alkyl halides is 3. The fraction of sp³-hybridized carbons (Fsp3) is 0.625. The normalized spacial score (nSPS) is 17.4. The molecule has 1 aromatic rings. The highest BCUT2D eigenvalue weighted by Gasteiger charge is 2.40. The number of hydrogen-bond donors (Lipinski definition) is 1. The lowest BCUT2D eigenvalue weighted by Gasteiger charge is -2.01. The van der Waals surface area contributed by atoms with Crippen LogP contribution in [0, 0.1) is 0 Å². The molecule has 0 radical (unpaired) electrons. The predicted molar refractivity (Wildman–Crippen MR) is 41.4 cm³/mol. The van der Waals surface area contributed by atoms with Gasteiger partial charge in [0.05, 0.1) is 6.54 Å². The molecule has 0 aromatic carbocycles. The van der Waals surface area contributed by atoms with E-state index in [0.717, 1.165) is 12.8 Å². The molecule has 1 aliphatic rings. The van der Waals surface area contributed by atoms with Gasteiger partial charge in [-0.25, -0.2) is 4.98 Å². The first-order valence-electron chi connectivity index (χ1n) is 4.29. The Morgan fingerprint density at radius 3 is 2.43 bits per heavy atom. The molecule has 0 amide bonds. The third-order valence-corrected chi connectivity index (χ3v) is 2.09. The molecule has 0 saturated heterocycles. The van der Waals surface area contributed by atoms with Gasteiger partial charge in [0.1, 0.15) is 0 Å². The summed E-state index contributed by atoms with van der Waals surface area (Å²) in [5.74, 6) is -0.0198. The SMILES string of the molecule is NCc1oc(C2CC2)nc1C(F)(F)F. The number of nitrogens with zero attached hydrogens (tertiary/aromatic N) is 1. The van der Waals surface area contributed by atoms with E-state index in [4.69, 9.17) is 10.2 Å². The molecule has 0 aliphatic heterocycles. The van der Waals surface area contributed by atoms with Crippen molar-refractivity contribution in [2.45, 2.75) is 31.5 Å². The van der Waals surface area contributed by atoms with E-state index in [9.17, 15) is 13.2 Å². The van der Waals surface area contributed by atoms with Crippen molar-refractivity contribution in [1.29, 1.82) is 0 Å². The largest absolute Gasteiger partial charge is 0.443 e. The lowest BCUT2D eigenvalue weighted by molar-refractivity contribution is -0.142. The molecule has 1 aromatic heterocycles. The summed E-state index contributed by atoms with van der Waals surface area (Å²) in [6, 6.07) is 0. The summed E-state index contributed by atoms with van der Waals surface area (Å²) in [5, 5.41) is 0. The summed E-state index contributed by atoms with van der Waals surface area (Å²) in [5.41, 5.74) is 4.18. The van der Waals surface area contributed by atoms with E-state index < -0.39 is 11.9 Å². The molecule has 0 atom stereocenters. The van der Waals surface area contributed by atoms with Crippen molar-refractivity contribution in [1.82, 2.24) is 4.98 Å². The molecule has 3 nitrogen and oxygen atoms in total. The second kappa shape index (κ2) is 2.98. The van der Waals surface area contributed by atoms with E-state index in [0.29, 0.717) is 0 Å². The van der Waals surface area contributed by atoms with Crippen LogP contribution in [0.3, 0.4) is 0 Å². The first-order chi connectivity index (χ1) is 6.52. The third kappa shape index (κ3) is 1.61. The molecule has 14 heavy (non-hydrogen) atoms. The topological polar surface area (TPSA) is 52.0 Å². The first kappa shape index (κ1) is 9.51. The van der Waals surface area contributed by atoms with Gasteiger partial charge in [0.2, 0.25) is 0 Å². The van der Waals surface area contributed by atoms with Crippen LogP contribution >= 0.6 is 0 Å². The van der Waals surface area contributed by atoms with Crippen LogP contribution in [-0.4, -0.2) is 4.98 Å². The van der Waals surface area contributed by atoms with Gasteiger partial charge in [-0.3, -0.25) is 0 Å². The van der Waals surface area contributed by atoms with E-state index in [1.807, 2.05) is 0 Å². The number of nitrogens with two attached hydrogens (primary N) is 1. The van der Waals surface area contributed by atoms with Crippen molar-refractivity contribution >= 4 is 0 Å². The van der Waals surface area contributed by atoms with Gasteiger partial charge in [-0.05, 0) is 12.8 Å². The minimum atomic E-state index is -4.47. The number of oxazole rings is 1. The summed E-state index contributed by atoms with van der Waals surface area (Å²) in [6.07, 6.45) is -2.77. The molecule has 0 unspecified atom stereocenters. The maximum atomic E-state index is 12.4. The van der Waals surface area contributed by atoms with Crippen LogP contribution in [0.2, 0.25) is 0 Å². The number of aromatic nitrogens is 1. The highest BCUT2D eigenvalue weighted by Crippen LogP contribution is 2.42. The van der Waals surface area contributed by atoms with Crippen LogP contribution in [-0.2, 0) is 12.7 Å². The van der Waals surface area contributed by atoms with Crippen molar-refractivity contribution in [2.75, 3.05) is 0 Å². The summed E-state index contributed by atoms with van der Waals surface area (Å²) in [4.78, 5) is 3.44. The van der Waals surface area contributed by atoms with E-state index in [1.54, 1.807) is 0 Å². The molecule has 0 bridgehead atoms. The summed E-state index contributed by atoms with van der Waals surface area (Å²) in [7, 11) is 0. The van der Waals surface area contributed by atoms with Crippen LogP contribution in [0.25, 0.3) is 0 Å². The van der Waals surface area contributed by atoms with Crippen LogP contribution in [0.1, 0.15) is 36.1 Å². The highest BCUT2D eigenvalue weighted by molar-refractivity contribution is 5.16. The Hall–Kier alpha value is -1.04. The van der Waals surface area contributed by atoms with Gasteiger partial charge >= 0.3 is 6.18 Å². The molecule has 1 fully saturated rings. The highest BCUT2D eigenvalue weighted by atomic mass is 19.4. The minimum Gasteiger partial charge on any atom is -0.443 e. The average molecular weight is 206 g/mol. The average Bonchev–Trinajstić information content (AvgIpc) is 2.83. The third-order valence-electron chi connectivity index (χ3n) is 2.09. The summed E-state index contributed by atoms with van der Waals surface area (Å²) < 4.78 is 42.0. The van der Waals surface area contributed by atoms with Crippen LogP contribution in [0.4, 0.5) is 13.2 Å². The van der Waals surface area contributed by atoms with E-state index in [2.05, 4.69) is 4.98 Å². The molecule has 1 saturated carbocycles. The van der Waals surface area contributed by atoms with Crippen LogP contribution < -0.4 is 5.73 Å². The minimum absolute atomic E-state index is 0.0661. The van der Waals surface area contributed by atoms with Crippen molar-refractivity contribution in [3.8, 4) is 0 Å². The Labute approximate surface area is 78.1 Å². The van der Waals surface area contributed by atoms with Crippen molar-refractivity contribution in [3.05, 3.63) is 17.3 Å². The van der Waals surface area contributed by atoms with E-state index >= 15 is 0 Å². The monoisotopic (exact) mass is 206 g/mol. The fourth-order valence-electron chi connectivity index (χ4n) is 1.23. The molecule has 78 valence electrons. The van der Waals surface area contributed by atoms with Crippen LogP contribution in [0.5, 0.6) is 0 Å². The molecule has 2 rings (SSSR count). The second-order valence-corrected chi connectivity index (χ2v) is 3.30. The van der Waals surface area contributed by atoms with Gasteiger partial charge in [0.25, 0.3) is 0 Å². The zero-order valence-corrected chi connectivity index (χ0v) is 7.27. The molecular formula is C8H9F3N2O. The quantitative estimate of drug-likeness (QED) is 0.805. The number of rotatable bonds is 2. The van der Waals surface area contributed by atoms with Gasteiger partial charge in [0, 0.05) is 5.92 Å². The Kier molecular flexibility index (Phi) is 2.02. The molecular weight excluding hydrogens is 197 g/mol. The van der Waals surface area contributed by atoms with E-state index in [-0.39, 0.29) is 24.1 Å². The molecule has 0 spiro atoms. The Balaban J connectivity index is 2.37. The predicted octanol–water partition coefficient (Wildman–Crippen LogP) is 2.03. The first-order valence-corrected chi connectivity index (χ1v) is 4.29. The standard InChI is InChI=1S/C8H9F3N2O/c9-8(10,11)6-5(3-12)14-7(13-6)4-1-2-4/h4H,1-3,12H2. The van der Waals surface area contributed by atoms with Gasteiger partial charge in [-0.2, -0.15) is 13.2 Å². The van der Waals surface area contributed by atoms with Crippen LogP contribution in [0.15, 0.2) is 4.42 Å². The van der Waals surface area contributed by atoms with Crippen molar-refractivity contribution in [2.24, 2.45) is 5.73 Å². The maximum Gasteiger partial charge on any atom is 0.436 e. The smallest absolute Gasteiger partial charge is 0.436 e. The summed E-state index contributed by atoms with van der Waals surface area (Å²) >= 11 is 0. The second-order valence-electron chi connectivity index (χ2n) is 3.30. The molecule has 1 heterocycles. The number of halogens is 3. The van der Waals surface area contributed by atoms with Crippen molar-refractivity contribution in [3.63, 3.8) is 0 Å². The number of hydrogen-bond acceptors (Lipinski definition) is 3. The Bertz CT molecular complexity index is 341. The van der Waals surface area contributed by atoms with Gasteiger partial charge < -0.3 is 10.2 Å². The Morgan fingerprint density at radius 2 is 2.07 bits per heavy atom. The van der Waals surface area contributed by atoms with Gasteiger partial charge in [0.15, 0.2) is 17.3 Å². The summed E-state index contributed by atoms with van der Waals surface area (Å²) in [6.45, 7) is -0.269. The lowest BCUT2D eigenvalue weighted by atomic mass is 10.3. The van der Waals surface area contributed by atoms with Gasteiger partial charge in [-0.15, -0.1) is 0 Å². The molecule has 2 N–H and O–H groups in total. The van der Waals surface area contributed by atoms with Crippen molar-refractivity contribution < 1.29 is 17.6 Å². The zero-order chi connectivity index (χ0) is 10.3. The zero-order valence-electron chi connectivity index (χ0n) is 7.27.